The van der Waals surface area contributed by atoms with Crippen LogP contribution in [0, 0.1) is 18.6 Å². The largest absolute Gasteiger partial charge is 0.464 e. The van der Waals surface area contributed by atoms with Gasteiger partial charge in [-0.3, -0.25) is 9.71 Å². The molecule has 2 aromatic heterocycles. The van der Waals surface area contributed by atoms with Crippen LogP contribution in [0.5, 0.6) is 0 Å². The SMILES string of the molecule is Cc1ccccc1SNC(=O)NC(Cc1cc(F)cc(F)c1)c1ncccc1-c1coc2ccccc12. The third-order valence-electron chi connectivity index (χ3n) is 5.95. The van der Waals surface area contributed by atoms with Gasteiger partial charge < -0.3 is 9.73 Å². The molecule has 5 aromatic rings. The van der Waals surface area contributed by atoms with Gasteiger partial charge in [0.1, 0.15) is 17.2 Å². The average molecular weight is 516 g/mol. The van der Waals surface area contributed by atoms with Crippen molar-refractivity contribution in [2.24, 2.45) is 0 Å². The van der Waals surface area contributed by atoms with Gasteiger partial charge in [0.25, 0.3) is 0 Å². The van der Waals surface area contributed by atoms with Crippen LogP contribution < -0.4 is 10.0 Å². The molecule has 37 heavy (non-hydrogen) atoms. The number of nitrogens with zero attached hydrogens (tertiary/aromatic N) is 1. The minimum Gasteiger partial charge on any atom is -0.464 e. The molecule has 8 heteroatoms. The molecule has 186 valence electrons. The summed E-state index contributed by atoms with van der Waals surface area (Å²) in [6.07, 6.45) is 3.40. The molecule has 0 aliphatic rings. The molecule has 0 fully saturated rings. The summed E-state index contributed by atoms with van der Waals surface area (Å²) in [5, 5.41) is 3.85. The van der Waals surface area contributed by atoms with Crippen molar-refractivity contribution in [2.45, 2.75) is 24.3 Å². The van der Waals surface area contributed by atoms with Crippen molar-refractivity contribution in [1.29, 1.82) is 0 Å². The van der Waals surface area contributed by atoms with Crippen LogP contribution >= 0.6 is 11.9 Å². The number of carbonyl (C=O) groups is 1. The van der Waals surface area contributed by atoms with Gasteiger partial charge in [0.05, 0.1) is 18.0 Å². The first kappa shape index (κ1) is 24.5. The van der Waals surface area contributed by atoms with Crippen LogP contribution in [0.3, 0.4) is 0 Å². The average Bonchev–Trinajstić information content (AvgIpc) is 3.31. The highest BCUT2D eigenvalue weighted by atomic mass is 32.2. The van der Waals surface area contributed by atoms with E-state index in [1.165, 1.54) is 24.1 Å². The first-order valence-electron chi connectivity index (χ1n) is 11.6. The van der Waals surface area contributed by atoms with Crippen molar-refractivity contribution in [3.05, 3.63) is 120 Å². The Morgan fingerprint density at radius 2 is 1.73 bits per heavy atom. The summed E-state index contributed by atoms with van der Waals surface area (Å²) < 4.78 is 36.5. The van der Waals surface area contributed by atoms with Gasteiger partial charge in [-0.15, -0.1) is 0 Å². The molecule has 2 amide bonds. The second-order valence-electron chi connectivity index (χ2n) is 8.56. The third-order valence-corrected chi connectivity index (χ3v) is 6.92. The molecule has 0 radical (unpaired) electrons. The molecule has 0 bridgehead atoms. The number of amides is 2. The number of furan rings is 1. The van der Waals surface area contributed by atoms with Crippen LogP contribution in [-0.4, -0.2) is 11.0 Å². The molecule has 1 unspecified atom stereocenters. The lowest BCUT2D eigenvalue weighted by Crippen LogP contribution is -2.36. The van der Waals surface area contributed by atoms with E-state index in [1.807, 2.05) is 61.5 Å². The monoisotopic (exact) mass is 515 g/mol. The van der Waals surface area contributed by atoms with Crippen molar-refractivity contribution in [3.63, 3.8) is 0 Å². The number of carbonyl (C=O) groups excluding carboxylic acids is 1. The van der Waals surface area contributed by atoms with E-state index >= 15 is 0 Å². The molecule has 0 spiro atoms. The van der Waals surface area contributed by atoms with E-state index < -0.39 is 23.7 Å². The number of halogens is 2. The minimum atomic E-state index is -0.691. The maximum absolute atomic E-state index is 14.0. The van der Waals surface area contributed by atoms with Gasteiger partial charge in [0, 0.05) is 33.7 Å². The summed E-state index contributed by atoms with van der Waals surface area (Å²) in [7, 11) is 0. The van der Waals surface area contributed by atoms with Crippen LogP contribution in [-0.2, 0) is 6.42 Å². The van der Waals surface area contributed by atoms with E-state index in [0.29, 0.717) is 11.3 Å². The second-order valence-corrected chi connectivity index (χ2v) is 9.41. The normalized spacial score (nSPS) is 11.9. The molecular formula is C29H23F2N3O2S. The first-order valence-corrected chi connectivity index (χ1v) is 12.4. The molecule has 1 atom stereocenters. The number of fused-ring (bicyclic) bond motifs is 1. The molecule has 2 N–H and O–H groups in total. The highest BCUT2D eigenvalue weighted by Crippen LogP contribution is 2.35. The minimum absolute atomic E-state index is 0.122. The Hall–Kier alpha value is -4.17. The molecule has 0 saturated carbocycles. The number of hydrogen-bond acceptors (Lipinski definition) is 4. The van der Waals surface area contributed by atoms with Gasteiger partial charge in [0.2, 0.25) is 0 Å². The molecule has 5 nitrogen and oxygen atoms in total. The molecule has 5 rings (SSSR count). The highest BCUT2D eigenvalue weighted by Gasteiger charge is 2.23. The van der Waals surface area contributed by atoms with Gasteiger partial charge in [-0.2, -0.15) is 0 Å². The summed E-state index contributed by atoms with van der Waals surface area (Å²) in [6, 6.07) is 21.2. The summed E-state index contributed by atoms with van der Waals surface area (Å²) in [4.78, 5) is 18.5. The fourth-order valence-corrected chi connectivity index (χ4v) is 4.89. The van der Waals surface area contributed by atoms with Crippen molar-refractivity contribution in [1.82, 2.24) is 15.0 Å². The quantitative estimate of drug-likeness (QED) is 0.222. The number of hydrogen-bond donors (Lipinski definition) is 2. The molecule has 2 heterocycles. The number of benzene rings is 3. The Morgan fingerprint density at radius 1 is 0.973 bits per heavy atom. The standard InChI is InChI=1S/C29H23F2N3O2S/c1-18-7-2-5-11-27(18)37-34-29(35)33-25(15-19-13-20(30)16-21(31)14-19)28-23(9-6-12-32-28)24-17-36-26-10-4-3-8-22(24)26/h2-14,16-17,25H,15H2,1H3,(H2,33,34,35). The molecular weight excluding hydrogens is 492 g/mol. The van der Waals surface area contributed by atoms with Gasteiger partial charge in [0.15, 0.2) is 0 Å². The van der Waals surface area contributed by atoms with Crippen LogP contribution in [0.25, 0.3) is 22.1 Å². The lowest BCUT2D eigenvalue weighted by molar-refractivity contribution is 0.242. The van der Waals surface area contributed by atoms with Crippen LogP contribution in [0.4, 0.5) is 13.6 Å². The number of urea groups is 1. The Balaban J connectivity index is 1.49. The summed E-state index contributed by atoms with van der Waals surface area (Å²) in [5.41, 5.74) is 4.25. The first-order chi connectivity index (χ1) is 18.0. The smallest absolute Gasteiger partial charge is 0.325 e. The summed E-state index contributed by atoms with van der Waals surface area (Å²) in [6.45, 7) is 1.96. The molecule has 0 aliphatic heterocycles. The number of para-hydroxylation sites is 1. The molecule has 0 aliphatic carbocycles. The van der Waals surface area contributed by atoms with Gasteiger partial charge in [-0.05, 0) is 66.8 Å². The molecule has 3 aromatic carbocycles. The van der Waals surface area contributed by atoms with Crippen molar-refractivity contribution >= 4 is 28.9 Å². The zero-order valence-electron chi connectivity index (χ0n) is 19.9. The van der Waals surface area contributed by atoms with E-state index in [1.54, 1.807) is 18.5 Å². The lowest BCUT2D eigenvalue weighted by Gasteiger charge is -2.21. The van der Waals surface area contributed by atoms with E-state index in [2.05, 4.69) is 15.0 Å². The van der Waals surface area contributed by atoms with Crippen molar-refractivity contribution in [2.75, 3.05) is 0 Å². The Labute approximate surface area is 217 Å². The fraction of sp³-hybridized carbons (Fsp3) is 0.103. The van der Waals surface area contributed by atoms with Crippen LogP contribution in [0.1, 0.15) is 22.9 Å². The van der Waals surface area contributed by atoms with E-state index in [0.717, 1.165) is 38.6 Å². The van der Waals surface area contributed by atoms with E-state index in [9.17, 15) is 13.6 Å². The van der Waals surface area contributed by atoms with Gasteiger partial charge in [-0.25, -0.2) is 13.6 Å². The number of rotatable bonds is 7. The topological polar surface area (TPSA) is 67.2 Å². The predicted molar refractivity (Wildman–Crippen MR) is 141 cm³/mol. The highest BCUT2D eigenvalue weighted by molar-refractivity contribution is 7.98. The zero-order chi connectivity index (χ0) is 25.8. The van der Waals surface area contributed by atoms with Crippen LogP contribution in [0.2, 0.25) is 0 Å². The van der Waals surface area contributed by atoms with Crippen molar-refractivity contribution < 1.29 is 18.0 Å². The Morgan fingerprint density at radius 3 is 2.54 bits per heavy atom. The lowest BCUT2D eigenvalue weighted by atomic mass is 9.95. The summed E-state index contributed by atoms with van der Waals surface area (Å²) in [5.74, 6) is -1.37. The third kappa shape index (κ3) is 5.65. The second kappa shape index (κ2) is 10.8. The Kier molecular flexibility index (Phi) is 7.18. The van der Waals surface area contributed by atoms with Crippen molar-refractivity contribution in [3.8, 4) is 11.1 Å². The van der Waals surface area contributed by atoms with E-state index in [4.69, 9.17) is 4.42 Å². The maximum Gasteiger partial charge on any atom is 0.325 e. The summed E-state index contributed by atoms with van der Waals surface area (Å²) >= 11 is 1.19. The Bertz CT molecular complexity index is 1550. The number of aryl methyl sites for hydroxylation is 1. The number of nitrogens with one attached hydrogen (secondary N) is 2. The fourth-order valence-electron chi connectivity index (χ4n) is 4.25. The van der Waals surface area contributed by atoms with E-state index in [-0.39, 0.29) is 6.42 Å². The maximum atomic E-state index is 14.0. The van der Waals surface area contributed by atoms with Gasteiger partial charge >= 0.3 is 6.03 Å². The molecule has 0 saturated heterocycles. The number of pyridine rings is 1. The predicted octanol–water partition coefficient (Wildman–Crippen LogP) is 7.37. The number of aromatic nitrogens is 1. The zero-order valence-corrected chi connectivity index (χ0v) is 20.7. The van der Waals surface area contributed by atoms with Crippen LogP contribution in [0.15, 0.2) is 101 Å². The van der Waals surface area contributed by atoms with Gasteiger partial charge in [-0.1, -0.05) is 42.5 Å².